The number of fused-ring (bicyclic) bond motifs is 4. The molecule has 5 heterocycles. The Bertz CT molecular complexity index is 2130. The van der Waals surface area contributed by atoms with Crippen LogP contribution >= 0.6 is 0 Å². The predicted octanol–water partition coefficient (Wildman–Crippen LogP) is 4.67. The van der Waals surface area contributed by atoms with Crippen LogP contribution in [0.2, 0.25) is 0 Å². The van der Waals surface area contributed by atoms with E-state index in [-0.39, 0.29) is 42.9 Å². The fourth-order valence-corrected chi connectivity index (χ4v) is 7.25. The average Bonchev–Trinajstić information content (AvgIpc) is 3.90. The zero-order valence-electron chi connectivity index (χ0n) is 28.8. The van der Waals surface area contributed by atoms with Gasteiger partial charge in [-0.25, -0.2) is 24.0 Å². The SMILES string of the molecule is COC(=O)C1COC(c2nc3oc2[C@@]24c5cc(F)ccc5N[C@@H]2Oc2ccc(cc24)C[C@H](NC(=O)OCc2ccccc2)C(=O)N[C@H]3C(C)(C)C)=N1. The van der Waals surface area contributed by atoms with Gasteiger partial charge in [0.15, 0.2) is 23.7 Å². The standard InChI is InChI=1S/C38H36FN5O8/c1-37(2,3)29-33-43-28(32-40-26(18-49-32)34(46)48-4)30(52-33)38-22-16-21(39)11-12-24(22)41-35(38)51-27-13-10-20(14-23(27)38)15-25(31(45)44-29)42-36(47)50-17-19-8-6-5-7-9-19/h5-14,16,25-26,29,35,41H,15,17-18H2,1-4H3,(H,42,47)(H,44,45)/t25-,26?,29+,35+,38-/m0/s1. The van der Waals surface area contributed by atoms with Gasteiger partial charge in [-0.1, -0.05) is 63.2 Å². The van der Waals surface area contributed by atoms with Gasteiger partial charge in [0.25, 0.3) is 0 Å². The van der Waals surface area contributed by atoms with Gasteiger partial charge in [-0.15, -0.1) is 0 Å². The van der Waals surface area contributed by atoms with Gasteiger partial charge in [-0.3, -0.25) is 4.79 Å². The third-order valence-electron chi connectivity index (χ3n) is 9.79. The van der Waals surface area contributed by atoms with Gasteiger partial charge in [0.05, 0.1) is 7.11 Å². The van der Waals surface area contributed by atoms with Gasteiger partial charge in [0.2, 0.25) is 17.7 Å². The molecule has 3 N–H and O–H groups in total. The Hall–Kier alpha value is -5.92. The van der Waals surface area contributed by atoms with Gasteiger partial charge >= 0.3 is 12.1 Å². The number of alkyl carbamates (subject to hydrolysis) is 1. The number of nitrogens with one attached hydrogen (secondary N) is 3. The number of esters is 1. The number of oxazole rings is 1. The first-order valence-electron chi connectivity index (χ1n) is 16.9. The number of ether oxygens (including phenoxy) is 4. The molecule has 2 amide bonds. The molecule has 8 rings (SSSR count). The Labute approximate surface area is 297 Å². The molecule has 1 aromatic heterocycles. The van der Waals surface area contributed by atoms with Crippen molar-refractivity contribution in [2.24, 2.45) is 10.4 Å². The van der Waals surface area contributed by atoms with Crippen molar-refractivity contribution in [3.8, 4) is 5.75 Å². The second kappa shape index (κ2) is 12.4. The van der Waals surface area contributed by atoms with E-state index in [4.69, 9.17) is 28.3 Å². The molecular weight excluding hydrogens is 673 g/mol. The summed E-state index contributed by atoms with van der Waals surface area (Å²) in [7, 11) is 1.27. The number of aromatic nitrogens is 1. The Morgan fingerprint density at radius 2 is 1.87 bits per heavy atom. The summed E-state index contributed by atoms with van der Waals surface area (Å²) in [5, 5.41) is 9.22. The maximum Gasteiger partial charge on any atom is 0.408 e. The Morgan fingerprint density at radius 3 is 2.63 bits per heavy atom. The van der Waals surface area contributed by atoms with Crippen LogP contribution in [0, 0.1) is 11.2 Å². The largest absolute Gasteiger partial charge is 0.473 e. The van der Waals surface area contributed by atoms with Crippen LogP contribution in [-0.4, -0.2) is 60.9 Å². The topological polar surface area (TPSA) is 163 Å². The van der Waals surface area contributed by atoms with Gasteiger partial charge in [-0.2, -0.15) is 0 Å². The molecule has 4 aliphatic heterocycles. The summed E-state index contributed by atoms with van der Waals surface area (Å²) in [4.78, 5) is 49.3. The molecular formula is C38H36FN5O8. The molecule has 0 radical (unpaired) electrons. The van der Waals surface area contributed by atoms with E-state index in [0.29, 0.717) is 28.1 Å². The van der Waals surface area contributed by atoms with Crippen LogP contribution < -0.4 is 20.7 Å². The molecule has 1 unspecified atom stereocenters. The number of aliphatic imine (C=N–C) groups is 1. The fraction of sp³-hybridized carbons (Fsp3) is 0.342. The molecule has 0 saturated carbocycles. The lowest BCUT2D eigenvalue weighted by atomic mass is 9.72. The smallest absolute Gasteiger partial charge is 0.408 e. The Morgan fingerprint density at radius 1 is 1.06 bits per heavy atom. The number of methoxy groups -OCH3 is 1. The molecule has 5 atom stereocenters. The molecule has 268 valence electrons. The lowest BCUT2D eigenvalue weighted by Gasteiger charge is -2.32. The van der Waals surface area contributed by atoms with Gasteiger partial charge in [0.1, 0.15) is 42.3 Å². The van der Waals surface area contributed by atoms with Crippen LogP contribution in [0.15, 0.2) is 76.1 Å². The summed E-state index contributed by atoms with van der Waals surface area (Å²) in [5.41, 5.74) is 1.34. The lowest BCUT2D eigenvalue weighted by molar-refractivity contribution is -0.142. The second-order valence-corrected chi connectivity index (χ2v) is 14.3. The highest BCUT2D eigenvalue weighted by molar-refractivity contribution is 5.98. The van der Waals surface area contributed by atoms with Gasteiger partial charge < -0.3 is 39.3 Å². The van der Waals surface area contributed by atoms with Crippen molar-refractivity contribution < 1.29 is 42.1 Å². The van der Waals surface area contributed by atoms with Crippen molar-refractivity contribution in [1.82, 2.24) is 15.6 Å². The molecule has 4 bridgehead atoms. The number of anilines is 1. The number of halogens is 1. The summed E-state index contributed by atoms with van der Waals surface area (Å²) in [6, 6.07) is 16.2. The van der Waals surface area contributed by atoms with E-state index in [1.165, 1.54) is 19.2 Å². The predicted molar refractivity (Wildman–Crippen MR) is 183 cm³/mol. The zero-order valence-corrected chi connectivity index (χ0v) is 28.8. The number of benzene rings is 3. The molecule has 13 nitrogen and oxygen atoms in total. The minimum absolute atomic E-state index is 0.0132. The van der Waals surface area contributed by atoms with E-state index in [0.717, 1.165) is 5.56 Å². The number of carbonyl (C=O) groups excluding carboxylic acids is 3. The van der Waals surface area contributed by atoms with Crippen LogP contribution in [0.3, 0.4) is 0 Å². The summed E-state index contributed by atoms with van der Waals surface area (Å²) in [5.74, 6) is -0.721. The summed E-state index contributed by atoms with van der Waals surface area (Å²) >= 11 is 0. The van der Waals surface area contributed by atoms with Crippen molar-refractivity contribution in [3.63, 3.8) is 0 Å². The minimum Gasteiger partial charge on any atom is -0.473 e. The van der Waals surface area contributed by atoms with Gasteiger partial charge in [0, 0.05) is 23.2 Å². The first kappa shape index (κ1) is 33.2. The first-order chi connectivity index (χ1) is 24.9. The molecule has 1 spiro atoms. The normalized spacial score (nSPS) is 24.0. The van der Waals surface area contributed by atoms with Crippen LogP contribution in [-0.2, 0) is 42.2 Å². The van der Waals surface area contributed by atoms with E-state index < -0.39 is 59.0 Å². The molecule has 4 aromatic rings. The maximum absolute atomic E-state index is 15.2. The van der Waals surface area contributed by atoms with E-state index >= 15 is 4.39 Å². The first-order valence-corrected chi connectivity index (χ1v) is 16.9. The third kappa shape index (κ3) is 5.49. The highest BCUT2D eigenvalue weighted by atomic mass is 19.1. The summed E-state index contributed by atoms with van der Waals surface area (Å²) < 4.78 is 44.9. The number of nitrogens with zero attached hydrogens (tertiary/aromatic N) is 2. The molecule has 4 aliphatic rings. The van der Waals surface area contributed by atoms with Crippen molar-refractivity contribution in [1.29, 1.82) is 0 Å². The van der Waals surface area contributed by atoms with Crippen molar-refractivity contribution in [2.45, 2.75) is 63.6 Å². The zero-order chi connectivity index (χ0) is 36.4. The summed E-state index contributed by atoms with van der Waals surface area (Å²) in [6.07, 6.45) is -1.51. The number of hydrogen-bond acceptors (Lipinski definition) is 11. The van der Waals surface area contributed by atoms with E-state index in [1.54, 1.807) is 12.1 Å². The number of amides is 2. The molecule has 0 aliphatic carbocycles. The quantitative estimate of drug-likeness (QED) is 0.249. The number of rotatable bonds is 5. The van der Waals surface area contributed by atoms with Crippen molar-refractivity contribution >= 4 is 29.6 Å². The highest BCUT2D eigenvalue weighted by Gasteiger charge is 2.61. The Balaban J connectivity index is 1.30. The minimum atomic E-state index is -1.33. The number of carbonyl (C=O) groups is 3. The van der Waals surface area contributed by atoms with E-state index in [2.05, 4.69) is 20.9 Å². The third-order valence-corrected chi connectivity index (χ3v) is 9.79. The molecule has 0 saturated heterocycles. The molecule has 52 heavy (non-hydrogen) atoms. The van der Waals surface area contributed by atoms with E-state index in [1.807, 2.05) is 63.2 Å². The maximum atomic E-state index is 15.2. The van der Waals surface area contributed by atoms with Gasteiger partial charge in [-0.05, 0) is 40.8 Å². The second-order valence-electron chi connectivity index (χ2n) is 14.3. The highest BCUT2D eigenvalue weighted by Crippen LogP contribution is 2.59. The molecule has 0 fully saturated rings. The van der Waals surface area contributed by atoms with Crippen LogP contribution in [0.5, 0.6) is 5.75 Å². The van der Waals surface area contributed by atoms with E-state index in [9.17, 15) is 14.4 Å². The van der Waals surface area contributed by atoms with Crippen LogP contribution in [0.1, 0.15) is 66.4 Å². The fourth-order valence-electron chi connectivity index (χ4n) is 7.25. The Kier molecular flexibility index (Phi) is 7.92. The van der Waals surface area contributed by atoms with Crippen molar-refractivity contribution in [3.05, 3.63) is 112 Å². The average molecular weight is 710 g/mol. The number of hydrogen-bond donors (Lipinski definition) is 3. The van der Waals surface area contributed by atoms with Crippen LogP contribution in [0.25, 0.3) is 0 Å². The monoisotopic (exact) mass is 709 g/mol. The molecule has 14 heteroatoms. The molecule has 3 aromatic carbocycles. The lowest BCUT2D eigenvalue weighted by Crippen LogP contribution is -2.50. The summed E-state index contributed by atoms with van der Waals surface area (Å²) in [6.45, 7) is 5.64. The van der Waals surface area contributed by atoms with Crippen molar-refractivity contribution in [2.75, 3.05) is 19.0 Å². The van der Waals surface area contributed by atoms with Crippen LogP contribution in [0.4, 0.5) is 14.9 Å².